The third kappa shape index (κ3) is 5.13. The third-order valence-corrected chi connectivity index (χ3v) is 6.12. The van der Waals surface area contributed by atoms with Crippen LogP contribution in [-0.4, -0.2) is 51.0 Å². The van der Waals surface area contributed by atoms with Crippen LogP contribution in [0.15, 0.2) is 79.1 Å². The molecule has 0 amide bonds. The number of nitrogens with zero attached hydrogens (tertiary/aromatic N) is 5. The Morgan fingerprint density at radius 1 is 0.919 bits per heavy atom. The number of hydrogen-bond donors (Lipinski definition) is 1. The van der Waals surface area contributed by atoms with E-state index < -0.39 is 6.29 Å². The highest BCUT2D eigenvalue weighted by Gasteiger charge is 2.20. The van der Waals surface area contributed by atoms with Gasteiger partial charge in [0.2, 0.25) is 0 Å². The molecule has 188 valence electrons. The second-order valence-electron chi connectivity index (χ2n) is 8.36. The zero-order chi connectivity index (χ0) is 25.6. The summed E-state index contributed by atoms with van der Waals surface area (Å²) < 4.78 is 19.0. The molecule has 1 N–H and O–H groups in total. The van der Waals surface area contributed by atoms with Gasteiger partial charge in [-0.05, 0) is 52.2 Å². The summed E-state index contributed by atoms with van der Waals surface area (Å²) in [5.41, 5.74) is 6.00. The number of nitrogens with one attached hydrogen (secondary N) is 1. The lowest BCUT2D eigenvalue weighted by Gasteiger charge is -2.19. The molecule has 37 heavy (non-hydrogen) atoms. The lowest BCUT2D eigenvalue weighted by atomic mass is 9.98. The van der Waals surface area contributed by atoms with Crippen LogP contribution >= 0.6 is 0 Å². The molecule has 0 unspecified atom stereocenters. The molecule has 0 atom stereocenters. The first-order valence-corrected chi connectivity index (χ1v) is 12.0. The molecule has 0 aliphatic rings. The lowest BCUT2D eigenvalue weighted by Crippen LogP contribution is -2.09. The number of rotatable bonds is 10. The second kappa shape index (κ2) is 11.2. The number of aromatic nitrogens is 6. The van der Waals surface area contributed by atoms with E-state index in [0.717, 1.165) is 45.0 Å². The number of ether oxygens (including phenoxy) is 3. The number of tetrazole rings is 1. The standard InChI is InChI=1S/C28H28N6O3/c1-4-37-21-13-14-24(28(35-2)36-3)25(17-21)27-29-15-16-34(27)18-19-9-11-20(12-10-19)22-7-5-6-8-23(22)26-30-32-33-31-26/h5-17,28H,4,18H2,1-3H3,(H,30,31,32,33). The van der Waals surface area contributed by atoms with E-state index in [1.807, 2.05) is 49.5 Å². The van der Waals surface area contributed by atoms with Crippen LogP contribution in [0.2, 0.25) is 0 Å². The smallest absolute Gasteiger partial charge is 0.183 e. The second-order valence-corrected chi connectivity index (χ2v) is 8.36. The zero-order valence-corrected chi connectivity index (χ0v) is 21.0. The topological polar surface area (TPSA) is 100.0 Å². The summed E-state index contributed by atoms with van der Waals surface area (Å²) >= 11 is 0. The normalized spacial score (nSPS) is 11.2. The van der Waals surface area contributed by atoms with Crippen molar-refractivity contribution >= 4 is 0 Å². The first kappa shape index (κ1) is 24.4. The number of imidazole rings is 1. The van der Waals surface area contributed by atoms with E-state index in [4.69, 9.17) is 14.2 Å². The Bertz CT molecular complexity index is 1440. The van der Waals surface area contributed by atoms with Crippen molar-refractivity contribution in [3.05, 3.63) is 90.3 Å². The molecular formula is C28H28N6O3. The average Bonchev–Trinajstić information content (AvgIpc) is 3.64. The van der Waals surface area contributed by atoms with Gasteiger partial charge in [0.25, 0.3) is 0 Å². The monoisotopic (exact) mass is 496 g/mol. The number of benzene rings is 3. The van der Waals surface area contributed by atoms with Crippen molar-refractivity contribution in [1.29, 1.82) is 0 Å². The van der Waals surface area contributed by atoms with Gasteiger partial charge in [-0.25, -0.2) is 10.1 Å². The van der Waals surface area contributed by atoms with E-state index in [2.05, 4.69) is 60.5 Å². The van der Waals surface area contributed by atoms with E-state index >= 15 is 0 Å². The number of H-pyrrole nitrogens is 1. The molecule has 0 saturated carbocycles. The zero-order valence-electron chi connectivity index (χ0n) is 21.0. The van der Waals surface area contributed by atoms with Crippen LogP contribution in [0.25, 0.3) is 33.9 Å². The molecule has 0 fully saturated rings. The third-order valence-electron chi connectivity index (χ3n) is 6.12. The van der Waals surface area contributed by atoms with Crippen LogP contribution < -0.4 is 4.74 Å². The average molecular weight is 497 g/mol. The van der Waals surface area contributed by atoms with Gasteiger partial charge in [-0.1, -0.05) is 48.5 Å². The Morgan fingerprint density at radius 3 is 2.41 bits per heavy atom. The van der Waals surface area contributed by atoms with Crippen LogP contribution in [0.5, 0.6) is 5.75 Å². The number of methoxy groups -OCH3 is 2. The molecular weight excluding hydrogens is 468 g/mol. The predicted molar refractivity (Wildman–Crippen MR) is 140 cm³/mol. The maximum Gasteiger partial charge on any atom is 0.183 e. The summed E-state index contributed by atoms with van der Waals surface area (Å²) in [6.07, 6.45) is 3.26. The summed E-state index contributed by atoms with van der Waals surface area (Å²) in [6.45, 7) is 3.19. The fourth-order valence-electron chi connectivity index (χ4n) is 4.42. The SMILES string of the molecule is CCOc1ccc(C(OC)OC)c(-c2nccn2Cc2ccc(-c3ccccc3-c3nnn[nH]3)cc2)c1. The van der Waals surface area contributed by atoms with Gasteiger partial charge in [0, 0.05) is 49.8 Å². The minimum absolute atomic E-state index is 0.519. The summed E-state index contributed by atoms with van der Waals surface area (Å²) in [5, 5.41) is 14.3. The van der Waals surface area contributed by atoms with Gasteiger partial charge in [0.05, 0.1) is 6.61 Å². The van der Waals surface area contributed by atoms with Gasteiger partial charge < -0.3 is 18.8 Å². The van der Waals surface area contributed by atoms with E-state index in [1.54, 1.807) is 20.4 Å². The predicted octanol–water partition coefficient (Wildman–Crippen LogP) is 5.14. The van der Waals surface area contributed by atoms with E-state index in [9.17, 15) is 0 Å². The van der Waals surface area contributed by atoms with E-state index in [0.29, 0.717) is 19.0 Å². The molecule has 0 spiro atoms. The summed E-state index contributed by atoms with van der Waals surface area (Å²) in [5.74, 6) is 2.22. The Morgan fingerprint density at radius 2 is 1.70 bits per heavy atom. The summed E-state index contributed by atoms with van der Waals surface area (Å²) in [7, 11) is 3.25. The molecule has 5 rings (SSSR count). The van der Waals surface area contributed by atoms with Crippen molar-refractivity contribution in [3.63, 3.8) is 0 Å². The van der Waals surface area contributed by atoms with Crippen LogP contribution in [0.1, 0.15) is 24.3 Å². The van der Waals surface area contributed by atoms with Crippen molar-refractivity contribution in [1.82, 2.24) is 30.2 Å². The fraction of sp³-hybridized carbons (Fsp3) is 0.214. The molecule has 0 saturated heterocycles. The molecule has 9 nitrogen and oxygen atoms in total. The highest BCUT2D eigenvalue weighted by Crippen LogP contribution is 2.34. The Hall–Kier alpha value is -4.34. The molecule has 0 aliphatic heterocycles. The number of aromatic amines is 1. The molecule has 2 heterocycles. The molecule has 3 aromatic carbocycles. The minimum Gasteiger partial charge on any atom is -0.494 e. The largest absolute Gasteiger partial charge is 0.494 e. The number of hydrogen-bond acceptors (Lipinski definition) is 7. The lowest BCUT2D eigenvalue weighted by molar-refractivity contribution is -0.105. The molecule has 2 aromatic heterocycles. The van der Waals surface area contributed by atoms with Gasteiger partial charge >= 0.3 is 0 Å². The Labute approximate surface area is 215 Å². The van der Waals surface area contributed by atoms with Gasteiger partial charge in [0.15, 0.2) is 12.1 Å². The van der Waals surface area contributed by atoms with Gasteiger partial charge in [0.1, 0.15) is 11.6 Å². The molecule has 9 heteroatoms. The van der Waals surface area contributed by atoms with Crippen molar-refractivity contribution in [2.45, 2.75) is 19.8 Å². The summed E-state index contributed by atoms with van der Waals surface area (Å²) in [4.78, 5) is 4.67. The fourth-order valence-corrected chi connectivity index (χ4v) is 4.42. The molecule has 0 bridgehead atoms. The minimum atomic E-state index is -0.519. The first-order valence-electron chi connectivity index (χ1n) is 12.0. The first-order chi connectivity index (χ1) is 18.2. The summed E-state index contributed by atoms with van der Waals surface area (Å²) in [6, 6.07) is 22.4. The quantitative estimate of drug-likeness (QED) is 0.267. The van der Waals surface area contributed by atoms with E-state index in [1.165, 1.54) is 0 Å². The Balaban J connectivity index is 1.45. The van der Waals surface area contributed by atoms with Crippen LogP contribution in [0.4, 0.5) is 0 Å². The van der Waals surface area contributed by atoms with Crippen LogP contribution in [-0.2, 0) is 16.0 Å². The van der Waals surface area contributed by atoms with Gasteiger partial charge in [-0.3, -0.25) is 0 Å². The van der Waals surface area contributed by atoms with Crippen molar-refractivity contribution in [2.75, 3.05) is 20.8 Å². The van der Waals surface area contributed by atoms with Crippen molar-refractivity contribution in [2.24, 2.45) is 0 Å². The molecule has 0 aliphatic carbocycles. The van der Waals surface area contributed by atoms with E-state index in [-0.39, 0.29) is 0 Å². The molecule has 5 aromatic rings. The highest BCUT2D eigenvalue weighted by molar-refractivity contribution is 5.80. The van der Waals surface area contributed by atoms with Gasteiger partial charge in [-0.15, -0.1) is 5.10 Å². The maximum atomic E-state index is 5.76. The van der Waals surface area contributed by atoms with Crippen molar-refractivity contribution < 1.29 is 14.2 Å². The maximum absolute atomic E-state index is 5.76. The van der Waals surface area contributed by atoms with Gasteiger partial charge in [-0.2, -0.15) is 0 Å². The Kier molecular flexibility index (Phi) is 7.34. The van der Waals surface area contributed by atoms with Crippen LogP contribution in [0.3, 0.4) is 0 Å². The molecule has 0 radical (unpaired) electrons. The van der Waals surface area contributed by atoms with Crippen LogP contribution in [0, 0.1) is 0 Å². The highest BCUT2D eigenvalue weighted by atomic mass is 16.7. The van der Waals surface area contributed by atoms with Crippen molar-refractivity contribution in [3.8, 4) is 39.7 Å².